The van der Waals surface area contributed by atoms with E-state index in [1.807, 2.05) is 12.1 Å². The van der Waals surface area contributed by atoms with Crippen LogP contribution in [0, 0.1) is 5.92 Å². The largest absolute Gasteiger partial charge is 0.324 e. The van der Waals surface area contributed by atoms with Crippen molar-refractivity contribution in [2.45, 2.75) is 19.3 Å². The molecule has 5 heteroatoms. The molecule has 0 unspecified atom stereocenters. The van der Waals surface area contributed by atoms with Crippen molar-refractivity contribution in [2.24, 2.45) is 5.92 Å². The molecule has 0 saturated carbocycles. The first-order chi connectivity index (χ1) is 10.1. The van der Waals surface area contributed by atoms with Gasteiger partial charge in [0.15, 0.2) is 0 Å². The van der Waals surface area contributed by atoms with Crippen LogP contribution in [0.15, 0.2) is 24.3 Å². The number of anilines is 1. The Hall–Kier alpha value is -1.10. The van der Waals surface area contributed by atoms with Crippen molar-refractivity contribution < 1.29 is 4.79 Å². The van der Waals surface area contributed by atoms with E-state index in [-0.39, 0.29) is 5.91 Å². The molecule has 2 N–H and O–H groups in total. The van der Waals surface area contributed by atoms with E-state index in [9.17, 15) is 4.79 Å². The minimum atomic E-state index is -0.0496. The smallest absolute Gasteiger partial charge is 0.238 e. The number of para-hydroxylation sites is 1. The molecule has 4 nitrogen and oxygen atoms in total. The monoisotopic (exact) mass is 309 g/mol. The summed E-state index contributed by atoms with van der Waals surface area (Å²) in [6.07, 6.45) is 3.68. The van der Waals surface area contributed by atoms with Crippen LogP contribution in [0.25, 0.3) is 0 Å². The number of benzene rings is 1. The molecule has 116 valence electrons. The molecule has 0 atom stereocenters. The summed E-state index contributed by atoms with van der Waals surface area (Å²) in [6.45, 7) is 3.61. The zero-order valence-electron chi connectivity index (χ0n) is 12.6. The number of halogens is 1. The van der Waals surface area contributed by atoms with Crippen molar-refractivity contribution in [3.05, 3.63) is 29.3 Å². The number of hydrogen-bond donors (Lipinski definition) is 2. The highest BCUT2D eigenvalue weighted by Gasteiger charge is 2.16. The maximum absolute atomic E-state index is 11.8. The minimum Gasteiger partial charge on any atom is -0.324 e. The fraction of sp³-hybridized carbons (Fsp3) is 0.562. The molecule has 1 fully saturated rings. The summed E-state index contributed by atoms with van der Waals surface area (Å²) < 4.78 is 0. The van der Waals surface area contributed by atoms with Crippen LogP contribution >= 0.6 is 11.6 Å². The summed E-state index contributed by atoms with van der Waals surface area (Å²) in [6, 6.07) is 7.27. The molecule has 1 heterocycles. The lowest BCUT2D eigenvalue weighted by atomic mass is 9.94. The first kappa shape index (κ1) is 16.3. The Balaban J connectivity index is 1.60. The predicted molar refractivity (Wildman–Crippen MR) is 87.8 cm³/mol. The van der Waals surface area contributed by atoms with Crippen LogP contribution in [0.4, 0.5) is 5.69 Å². The Labute approximate surface area is 131 Å². The summed E-state index contributed by atoms with van der Waals surface area (Å²) in [5, 5.41) is 6.60. The highest BCUT2D eigenvalue weighted by molar-refractivity contribution is 6.33. The molecule has 1 aliphatic rings. The maximum Gasteiger partial charge on any atom is 0.238 e. The lowest BCUT2D eigenvalue weighted by molar-refractivity contribution is -0.115. The molecule has 1 aliphatic heterocycles. The van der Waals surface area contributed by atoms with Gasteiger partial charge < -0.3 is 15.5 Å². The van der Waals surface area contributed by atoms with E-state index in [1.54, 1.807) is 12.1 Å². The Morgan fingerprint density at radius 2 is 2.05 bits per heavy atom. The third kappa shape index (κ3) is 5.65. The number of piperidine rings is 1. The first-order valence-corrected chi connectivity index (χ1v) is 7.96. The van der Waals surface area contributed by atoms with Crippen LogP contribution in [0.2, 0.25) is 5.02 Å². The van der Waals surface area contributed by atoms with Gasteiger partial charge in [-0.15, -0.1) is 0 Å². The molecule has 0 aromatic heterocycles. The summed E-state index contributed by atoms with van der Waals surface area (Å²) in [7, 11) is 2.17. The number of carbonyl (C=O) groups is 1. The first-order valence-electron chi connectivity index (χ1n) is 7.59. The number of nitrogens with one attached hydrogen (secondary N) is 2. The lowest BCUT2D eigenvalue weighted by Gasteiger charge is -2.28. The molecule has 1 aromatic carbocycles. The van der Waals surface area contributed by atoms with Gasteiger partial charge in [0.05, 0.1) is 17.3 Å². The molecule has 0 spiro atoms. The second-order valence-corrected chi connectivity index (χ2v) is 6.15. The third-order valence-electron chi connectivity index (χ3n) is 4.00. The molecule has 0 aliphatic carbocycles. The normalized spacial score (nSPS) is 16.9. The van der Waals surface area contributed by atoms with Gasteiger partial charge in [-0.3, -0.25) is 4.79 Å². The summed E-state index contributed by atoms with van der Waals surface area (Å²) >= 11 is 6.00. The van der Waals surface area contributed by atoms with Gasteiger partial charge in [0, 0.05) is 0 Å². The van der Waals surface area contributed by atoms with Crippen LogP contribution in [-0.2, 0) is 4.79 Å². The van der Waals surface area contributed by atoms with Gasteiger partial charge in [0.25, 0.3) is 0 Å². The molecule has 1 aromatic rings. The third-order valence-corrected chi connectivity index (χ3v) is 4.33. The highest BCUT2D eigenvalue weighted by Crippen LogP contribution is 2.20. The quantitative estimate of drug-likeness (QED) is 0.794. The zero-order valence-corrected chi connectivity index (χ0v) is 13.3. The van der Waals surface area contributed by atoms with Crippen molar-refractivity contribution in [3.63, 3.8) is 0 Å². The van der Waals surface area contributed by atoms with Gasteiger partial charge in [-0.2, -0.15) is 0 Å². The Morgan fingerprint density at radius 3 is 2.76 bits per heavy atom. The van der Waals surface area contributed by atoms with Crippen molar-refractivity contribution in [3.8, 4) is 0 Å². The van der Waals surface area contributed by atoms with Crippen molar-refractivity contribution in [1.29, 1.82) is 0 Å². The van der Waals surface area contributed by atoms with Gasteiger partial charge in [0.2, 0.25) is 5.91 Å². The van der Waals surface area contributed by atoms with Gasteiger partial charge >= 0.3 is 0 Å². The minimum absolute atomic E-state index is 0.0496. The zero-order chi connectivity index (χ0) is 15.1. The van der Waals surface area contributed by atoms with Crippen LogP contribution < -0.4 is 10.6 Å². The average molecular weight is 310 g/mol. The molecule has 1 saturated heterocycles. The number of likely N-dealkylation sites (tertiary alicyclic amines) is 1. The fourth-order valence-electron chi connectivity index (χ4n) is 2.62. The van der Waals surface area contributed by atoms with E-state index in [0.717, 1.165) is 18.9 Å². The van der Waals surface area contributed by atoms with Crippen LogP contribution in [-0.4, -0.2) is 44.0 Å². The van der Waals surface area contributed by atoms with Gasteiger partial charge in [0.1, 0.15) is 0 Å². The fourth-order valence-corrected chi connectivity index (χ4v) is 2.80. The van der Waals surface area contributed by atoms with Crippen LogP contribution in [0.1, 0.15) is 19.3 Å². The van der Waals surface area contributed by atoms with E-state index in [2.05, 4.69) is 22.6 Å². The number of rotatable bonds is 6. The lowest BCUT2D eigenvalue weighted by Crippen LogP contribution is -2.33. The molecule has 1 amide bonds. The van der Waals surface area contributed by atoms with Crippen molar-refractivity contribution >= 4 is 23.2 Å². The second-order valence-electron chi connectivity index (χ2n) is 5.74. The number of carbonyl (C=O) groups excluding carboxylic acids is 1. The van der Waals surface area contributed by atoms with E-state index in [1.165, 1.54) is 25.9 Å². The van der Waals surface area contributed by atoms with E-state index in [4.69, 9.17) is 11.6 Å². The molecular formula is C16H24ClN3O. The summed E-state index contributed by atoms with van der Waals surface area (Å²) in [5.41, 5.74) is 0.668. The van der Waals surface area contributed by atoms with Crippen LogP contribution in [0.5, 0.6) is 0 Å². The van der Waals surface area contributed by atoms with E-state index < -0.39 is 0 Å². The number of nitrogens with zero attached hydrogens (tertiary/aromatic N) is 1. The Kier molecular flexibility index (Phi) is 6.49. The van der Waals surface area contributed by atoms with Gasteiger partial charge in [-0.25, -0.2) is 0 Å². The Bertz CT molecular complexity index is 459. The standard InChI is InChI=1S/C16H24ClN3O/c1-20-10-7-13(8-11-20)6-9-18-12-16(21)19-15-5-3-2-4-14(15)17/h2-5,13,18H,6-12H2,1H3,(H,19,21). The molecule has 0 radical (unpaired) electrons. The highest BCUT2D eigenvalue weighted by atomic mass is 35.5. The summed E-state index contributed by atoms with van der Waals surface area (Å²) in [5.74, 6) is 0.742. The molecule has 21 heavy (non-hydrogen) atoms. The number of hydrogen-bond acceptors (Lipinski definition) is 3. The predicted octanol–water partition coefficient (Wildman–Crippen LogP) is 2.60. The maximum atomic E-state index is 11.8. The Morgan fingerprint density at radius 1 is 1.33 bits per heavy atom. The van der Waals surface area contributed by atoms with Gasteiger partial charge in [-0.1, -0.05) is 23.7 Å². The van der Waals surface area contributed by atoms with Crippen molar-refractivity contribution in [1.82, 2.24) is 10.2 Å². The number of amides is 1. The summed E-state index contributed by atoms with van der Waals surface area (Å²) in [4.78, 5) is 14.2. The molecular weight excluding hydrogens is 286 g/mol. The van der Waals surface area contributed by atoms with E-state index in [0.29, 0.717) is 17.3 Å². The average Bonchev–Trinajstić information content (AvgIpc) is 2.48. The molecule has 0 bridgehead atoms. The van der Waals surface area contributed by atoms with Gasteiger partial charge in [-0.05, 0) is 64.0 Å². The van der Waals surface area contributed by atoms with E-state index >= 15 is 0 Å². The van der Waals surface area contributed by atoms with Crippen molar-refractivity contribution in [2.75, 3.05) is 38.5 Å². The molecule has 2 rings (SSSR count). The topological polar surface area (TPSA) is 44.4 Å². The second kappa shape index (κ2) is 8.37. The SMILES string of the molecule is CN1CCC(CCNCC(=O)Nc2ccccc2Cl)CC1. The van der Waals surface area contributed by atoms with Crippen LogP contribution in [0.3, 0.4) is 0 Å².